The molecule has 2 aromatic rings. The number of carbonyl (C=O) groups is 1. The Hall–Kier alpha value is -3.08. The van der Waals surface area contributed by atoms with Crippen molar-refractivity contribution in [2.45, 2.75) is 6.36 Å². The number of carbonyl (C=O) groups excluding carboxylic acids is 1. The third-order valence-corrected chi connectivity index (χ3v) is 4.43. The molecule has 0 radical (unpaired) electrons. The number of aromatic nitrogens is 2. The summed E-state index contributed by atoms with van der Waals surface area (Å²) in [6, 6.07) is 6.50. The molecule has 1 aliphatic heterocycles. The highest BCUT2D eigenvalue weighted by atomic mass is 19.4. The minimum absolute atomic E-state index is 0.156. The molecule has 29 heavy (non-hydrogen) atoms. The summed E-state index contributed by atoms with van der Waals surface area (Å²) in [4.78, 5) is 27.9. The molecule has 1 saturated heterocycles. The van der Waals surface area contributed by atoms with Crippen LogP contribution in [0.5, 0.6) is 5.75 Å². The lowest BCUT2D eigenvalue weighted by molar-refractivity contribution is -0.274. The summed E-state index contributed by atoms with van der Waals surface area (Å²) in [6.07, 6.45) is -3.12. The largest absolute Gasteiger partial charge is 0.573 e. The maximum absolute atomic E-state index is 12.2. The quantitative estimate of drug-likeness (QED) is 0.802. The average Bonchev–Trinajstić information content (AvgIpc) is 2.65. The number of anilines is 2. The second kappa shape index (κ2) is 8.52. The lowest BCUT2D eigenvalue weighted by Gasteiger charge is -2.35. The van der Waals surface area contributed by atoms with Crippen molar-refractivity contribution in [2.75, 3.05) is 42.9 Å². The minimum Gasteiger partial charge on any atom is -0.406 e. The van der Waals surface area contributed by atoms with Gasteiger partial charge in [-0.15, -0.1) is 13.2 Å². The molecule has 156 valence electrons. The topological polar surface area (TPSA) is 79.7 Å². The highest BCUT2D eigenvalue weighted by molar-refractivity contribution is 5.92. The van der Waals surface area contributed by atoms with Crippen molar-refractivity contribution in [3.63, 3.8) is 0 Å². The van der Waals surface area contributed by atoms with E-state index in [4.69, 9.17) is 0 Å². The average molecular weight is 411 g/mol. The first-order chi connectivity index (χ1) is 13.7. The Labute approximate surface area is 164 Å². The standard InChI is InChI=1S/C18H20F3N5O3/c1-24-17(28)10-14(11-22-24)26-8-6-25(7-9-26)12-16(27)23-13-2-4-15(5-3-13)29-18(19,20)21/h2-5,10-11H,6-9,12H2,1H3,(H,23,27). The molecule has 0 aliphatic carbocycles. The predicted molar refractivity (Wildman–Crippen MR) is 99.9 cm³/mol. The van der Waals surface area contributed by atoms with Crippen LogP contribution in [0.1, 0.15) is 0 Å². The van der Waals surface area contributed by atoms with Crippen LogP contribution in [0.2, 0.25) is 0 Å². The Morgan fingerprint density at radius 2 is 1.83 bits per heavy atom. The van der Waals surface area contributed by atoms with Crippen molar-refractivity contribution in [3.8, 4) is 5.75 Å². The van der Waals surface area contributed by atoms with E-state index in [2.05, 4.69) is 15.2 Å². The molecular weight excluding hydrogens is 391 g/mol. The second-order valence-electron chi connectivity index (χ2n) is 6.56. The number of piperazine rings is 1. The predicted octanol–water partition coefficient (Wildman–Crippen LogP) is 1.44. The van der Waals surface area contributed by atoms with Gasteiger partial charge in [-0.1, -0.05) is 0 Å². The van der Waals surface area contributed by atoms with Crippen molar-refractivity contribution in [2.24, 2.45) is 7.05 Å². The van der Waals surface area contributed by atoms with Crippen LogP contribution in [-0.2, 0) is 11.8 Å². The van der Waals surface area contributed by atoms with E-state index in [1.807, 2.05) is 9.80 Å². The van der Waals surface area contributed by atoms with E-state index in [0.29, 0.717) is 31.9 Å². The fourth-order valence-electron chi connectivity index (χ4n) is 2.94. The molecule has 1 amide bonds. The minimum atomic E-state index is -4.75. The van der Waals surface area contributed by atoms with Crippen molar-refractivity contribution in [3.05, 3.63) is 46.9 Å². The van der Waals surface area contributed by atoms with Gasteiger partial charge in [0.2, 0.25) is 5.91 Å². The number of alkyl halides is 3. The molecule has 1 aromatic carbocycles. The number of amides is 1. The summed E-state index contributed by atoms with van der Waals surface area (Å²) >= 11 is 0. The van der Waals surface area contributed by atoms with E-state index < -0.39 is 6.36 Å². The SMILES string of the molecule is Cn1ncc(N2CCN(CC(=O)Nc3ccc(OC(F)(F)F)cc3)CC2)cc1=O. The van der Waals surface area contributed by atoms with Gasteiger partial charge in [-0.3, -0.25) is 14.5 Å². The molecule has 0 saturated carbocycles. The van der Waals surface area contributed by atoms with Crippen LogP contribution in [0.4, 0.5) is 24.5 Å². The third kappa shape index (κ3) is 5.95. The van der Waals surface area contributed by atoms with Crippen molar-refractivity contribution in [1.82, 2.24) is 14.7 Å². The first-order valence-electron chi connectivity index (χ1n) is 8.86. The van der Waals surface area contributed by atoms with Gasteiger partial charge in [0.05, 0.1) is 18.4 Å². The van der Waals surface area contributed by atoms with E-state index in [-0.39, 0.29) is 23.8 Å². The van der Waals surface area contributed by atoms with Crippen LogP contribution < -0.4 is 20.5 Å². The number of benzene rings is 1. The Morgan fingerprint density at radius 1 is 1.17 bits per heavy atom. The molecule has 1 aromatic heterocycles. The van der Waals surface area contributed by atoms with E-state index in [1.54, 1.807) is 13.2 Å². The van der Waals surface area contributed by atoms with Gasteiger partial charge in [0.1, 0.15) is 5.75 Å². The molecule has 2 heterocycles. The molecule has 1 aliphatic rings. The number of rotatable bonds is 5. The highest BCUT2D eigenvalue weighted by Gasteiger charge is 2.31. The maximum Gasteiger partial charge on any atom is 0.573 e. The van der Waals surface area contributed by atoms with Gasteiger partial charge in [-0.25, -0.2) is 4.68 Å². The van der Waals surface area contributed by atoms with Crippen LogP contribution in [-0.4, -0.2) is 59.7 Å². The fourth-order valence-corrected chi connectivity index (χ4v) is 2.94. The monoisotopic (exact) mass is 411 g/mol. The van der Waals surface area contributed by atoms with Crippen LogP contribution >= 0.6 is 0 Å². The van der Waals surface area contributed by atoms with E-state index in [0.717, 1.165) is 17.8 Å². The smallest absolute Gasteiger partial charge is 0.406 e. The molecule has 8 nitrogen and oxygen atoms in total. The lowest BCUT2D eigenvalue weighted by atomic mass is 10.2. The van der Waals surface area contributed by atoms with E-state index >= 15 is 0 Å². The van der Waals surface area contributed by atoms with Gasteiger partial charge in [0, 0.05) is 45.0 Å². The van der Waals surface area contributed by atoms with E-state index in [9.17, 15) is 22.8 Å². The highest BCUT2D eigenvalue weighted by Crippen LogP contribution is 2.24. The van der Waals surface area contributed by atoms with E-state index in [1.165, 1.54) is 22.9 Å². The maximum atomic E-state index is 12.2. The van der Waals surface area contributed by atoms with Crippen LogP contribution in [0.15, 0.2) is 41.3 Å². The normalized spacial score (nSPS) is 15.2. The number of aryl methyl sites for hydroxylation is 1. The Kier molecular flexibility index (Phi) is 6.06. The summed E-state index contributed by atoms with van der Waals surface area (Å²) in [5.41, 5.74) is 0.948. The van der Waals surface area contributed by atoms with Crippen LogP contribution in [0, 0.1) is 0 Å². The number of halogens is 3. The third-order valence-electron chi connectivity index (χ3n) is 4.43. The Bertz CT molecular complexity index is 906. The van der Waals surface area contributed by atoms with Gasteiger partial charge in [-0.2, -0.15) is 5.10 Å². The molecule has 0 unspecified atom stereocenters. The number of hydrogen-bond donors (Lipinski definition) is 1. The fraction of sp³-hybridized carbons (Fsp3) is 0.389. The van der Waals surface area contributed by atoms with Crippen LogP contribution in [0.3, 0.4) is 0 Å². The Balaban J connectivity index is 1.47. The van der Waals surface area contributed by atoms with Gasteiger partial charge >= 0.3 is 6.36 Å². The first kappa shape index (κ1) is 20.6. The summed E-state index contributed by atoms with van der Waals surface area (Å²) in [5, 5.41) is 6.66. The van der Waals surface area contributed by atoms with Crippen molar-refractivity contribution in [1.29, 1.82) is 0 Å². The number of ether oxygens (including phenoxy) is 1. The molecule has 3 rings (SSSR count). The zero-order valence-corrected chi connectivity index (χ0v) is 15.6. The molecule has 11 heteroatoms. The summed E-state index contributed by atoms with van der Waals surface area (Å²) in [7, 11) is 1.58. The van der Waals surface area contributed by atoms with Crippen molar-refractivity contribution < 1.29 is 22.7 Å². The zero-order chi connectivity index (χ0) is 21.0. The zero-order valence-electron chi connectivity index (χ0n) is 15.6. The number of hydrogen-bond acceptors (Lipinski definition) is 6. The first-order valence-corrected chi connectivity index (χ1v) is 8.86. The summed E-state index contributed by atoms with van der Waals surface area (Å²) in [6.45, 7) is 2.70. The van der Waals surface area contributed by atoms with Crippen LogP contribution in [0.25, 0.3) is 0 Å². The number of nitrogens with zero attached hydrogens (tertiary/aromatic N) is 4. The van der Waals surface area contributed by atoms with Gasteiger partial charge < -0.3 is 15.0 Å². The number of nitrogens with one attached hydrogen (secondary N) is 1. The molecule has 0 atom stereocenters. The lowest BCUT2D eigenvalue weighted by Crippen LogP contribution is -2.49. The second-order valence-corrected chi connectivity index (χ2v) is 6.56. The molecule has 0 bridgehead atoms. The van der Waals surface area contributed by atoms with Gasteiger partial charge in [0.15, 0.2) is 0 Å². The molecular formula is C18H20F3N5O3. The molecule has 1 fully saturated rings. The van der Waals surface area contributed by atoms with Gasteiger partial charge in [-0.05, 0) is 24.3 Å². The van der Waals surface area contributed by atoms with Gasteiger partial charge in [0.25, 0.3) is 5.56 Å². The molecule has 1 N–H and O–H groups in total. The summed E-state index contributed by atoms with van der Waals surface area (Å²) < 4.78 is 41.5. The Morgan fingerprint density at radius 3 is 2.41 bits per heavy atom. The summed E-state index contributed by atoms with van der Waals surface area (Å²) in [5.74, 6) is -0.616. The van der Waals surface area contributed by atoms with Crippen molar-refractivity contribution >= 4 is 17.3 Å². The molecule has 0 spiro atoms.